The molecule has 0 saturated heterocycles. The Morgan fingerprint density at radius 3 is 1.01 bits per heavy atom. The molecule has 0 aromatic heterocycles. The molecule has 1 N–H and O–H groups in total. The number of hydrogen-bond acceptors (Lipinski definition) is 11. The van der Waals surface area contributed by atoms with Crippen molar-refractivity contribution in [2.24, 2.45) is 0 Å². The van der Waals surface area contributed by atoms with Crippen molar-refractivity contribution in [3.63, 3.8) is 0 Å². The van der Waals surface area contributed by atoms with Gasteiger partial charge in [-0.25, -0.2) is 4.57 Å². The highest BCUT2D eigenvalue weighted by Crippen LogP contribution is 2.43. The topological polar surface area (TPSA) is 161 Å². The minimum absolute atomic E-state index is 0.00590. The van der Waals surface area contributed by atoms with Crippen molar-refractivity contribution < 1.29 is 61.1 Å². The van der Waals surface area contributed by atoms with Crippen LogP contribution >= 0.6 is 7.82 Å². The van der Waals surface area contributed by atoms with Gasteiger partial charge in [-0.05, 0) is 77.0 Å². The number of hydrogen-bond donors (Lipinski definition) is 1. The first-order chi connectivity index (χ1) is 34.6. The van der Waals surface area contributed by atoms with Gasteiger partial charge in [0, 0.05) is 25.7 Å². The van der Waals surface area contributed by atoms with Crippen LogP contribution in [-0.2, 0) is 51.7 Å². The molecule has 0 amide bonds. The standard InChI is InChI=1S/C58H112NO12P/c1-8-12-16-20-24-32-40-52(41-33-25-21-17-13-9-2)69-56(61)45-37-29-28-36-44-55(60)66-50-54(51-68-72(64,65)67-49-48-59(5,6)7)71-58(63)47-39-31-30-38-46-57(62)70-53(42-34-26-22-18-14-10-3)43-35-27-23-19-15-11-4/h52-54H,8-51H2,1-7H3/p+1. The molecule has 2 unspecified atom stereocenters. The van der Waals surface area contributed by atoms with E-state index in [1.807, 2.05) is 21.1 Å². The molecule has 72 heavy (non-hydrogen) atoms. The molecule has 2 atom stereocenters. The van der Waals surface area contributed by atoms with Gasteiger partial charge in [0.15, 0.2) is 6.10 Å². The summed E-state index contributed by atoms with van der Waals surface area (Å²) in [5.74, 6) is -1.30. The van der Waals surface area contributed by atoms with E-state index < -0.39 is 32.5 Å². The highest BCUT2D eigenvalue weighted by Gasteiger charge is 2.27. The summed E-state index contributed by atoms with van der Waals surface area (Å²) in [5, 5.41) is 0. The second kappa shape index (κ2) is 48.6. The number of carbonyl (C=O) groups excluding carboxylic acids is 4. The van der Waals surface area contributed by atoms with Crippen molar-refractivity contribution in [1.82, 2.24) is 0 Å². The van der Waals surface area contributed by atoms with Crippen molar-refractivity contribution in [3.8, 4) is 0 Å². The predicted octanol–water partition coefficient (Wildman–Crippen LogP) is 15.8. The minimum Gasteiger partial charge on any atom is -0.462 e. The van der Waals surface area contributed by atoms with E-state index in [1.165, 1.54) is 128 Å². The fourth-order valence-corrected chi connectivity index (χ4v) is 9.41. The fraction of sp³-hybridized carbons (Fsp3) is 0.931. The van der Waals surface area contributed by atoms with E-state index in [1.54, 1.807) is 0 Å². The molecule has 0 aliphatic rings. The Kier molecular flexibility index (Phi) is 47.2. The molecular formula is C58H113NO12P+. The number of unbranched alkanes of at least 4 members (excludes halogenated alkanes) is 26. The second-order valence-corrected chi connectivity index (χ2v) is 23.1. The Labute approximate surface area is 441 Å². The number of likely N-dealkylation sites (N-methyl/N-ethyl adjacent to an activating group) is 1. The zero-order valence-corrected chi connectivity index (χ0v) is 48.6. The first-order valence-corrected chi connectivity index (χ1v) is 31.3. The summed E-state index contributed by atoms with van der Waals surface area (Å²) in [4.78, 5) is 61.7. The molecule has 13 nitrogen and oxygen atoms in total. The van der Waals surface area contributed by atoms with Gasteiger partial charge < -0.3 is 28.3 Å². The Bertz CT molecular complexity index is 1310. The summed E-state index contributed by atoms with van der Waals surface area (Å²) in [6.45, 7) is 8.52. The van der Waals surface area contributed by atoms with Crippen LogP contribution < -0.4 is 0 Å². The maximum absolute atomic E-state index is 13.0. The normalized spacial score (nSPS) is 13.1. The van der Waals surface area contributed by atoms with Crippen molar-refractivity contribution in [1.29, 1.82) is 0 Å². The number of phosphoric acid groups is 1. The molecule has 14 heteroatoms. The summed E-state index contributed by atoms with van der Waals surface area (Å²) in [7, 11) is 1.31. The number of phosphoric ester groups is 1. The van der Waals surface area contributed by atoms with Crippen LogP contribution in [-0.4, -0.2) is 99.1 Å². The highest BCUT2D eigenvalue weighted by molar-refractivity contribution is 7.47. The van der Waals surface area contributed by atoms with Gasteiger partial charge in [-0.2, -0.15) is 0 Å². The SMILES string of the molecule is CCCCCCCCC(CCCCCCCC)OC(=O)CCCCCCC(=O)OCC(COP(=O)(O)OCC[N+](C)(C)C)OC(=O)CCCCCCC(=O)OC(CCCCCCCC)CCCCCCCC. The number of nitrogens with zero attached hydrogens (tertiary/aromatic N) is 1. The van der Waals surface area contributed by atoms with Crippen molar-refractivity contribution >= 4 is 31.7 Å². The summed E-state index contributed by atoms with van der Waals surface area (Å²) in [6, 6.07) is 0. The fourth-order valence-electron chi connectivity index (χ4n) is 8.67. The van der Waals surface area contributed by atoms with Crippen LogP contribution in [0.1, 0.15) is 285 Å². The lowest BCUT2D eigenvalue weighted by molar-refractivity contribution is -0.870. The minimum atomic E-state index is -4.47. The van der Waals surface area contributed by atoms with Crippen LogP contribution in [0.2, 0.25) is 0 Å². The number of ether oxygens (including phenoxy) is 4. The summed E-state index contributed by atoms with van der Waals surface area (Å²) < 4.78 is 46.6. The number of rotatable bonds is 54. The van der Waals surface area contributed by atoms with Gasteiger partial charge in [0.25, 0.3) is 0 Å². The van der Waals surface area contributed by atoms with Crippen LogP contribution in [0.4, 0.5) is 0 Å². The van der Waals surface area contributed by atoms with Crippen molar-refractivity contribution in [2.45, 2.75) is 303 Å². The lowest BCUT2D eigenvalue weighted by atomic mass is 10.0. The zero-order valence-electron chi connectivity index (χ0n) is 47.7. The third kappa shape index (κ3) is 48.9. The Morgan fingerprint density at radius 2 is 0.681 bits per heavy atom. The molecule has 0 spiro atoms. The van der Waals surface area contributed by atoms with Gasteiger partial charge in [-0.3, -0.25) is 28.2 Å². The van der Waals surface area contributed by atoms with Crippen LogP contribution in [0.15, 0.2) is 0 Å². The monoisotopic (exact) mass is 1050 g/mol. The van der Waals surface area contributed by atoms with E-state index in [9.17, 15) is 28.6 Å². The van der Waals surface area contributed by atoms with Gasteiger partial charge in [0.05, 0.1) is 27.7 Å². The molecule has 426 valence electrons. The summed E-state index contributed by atoms with van der Waals surface area (Å²) in [5.41, 5.74) is 0. The van der Waals surface area contributed by atoms with Gasteiger partial charge in [-0.1, -0.05) is 182 Å². The van der Waals surface area contributed by atoms with Crippen molar-refractivity contribution in [3.05, 3.63) is 0 Å². The van der Waals surface area contributed by atoms with E-state index in [-0.39, 0.29) is 50.2 Å². The molecular weight excluding hydrogens is 934 g/mol. The van der Waals surface area contributed by atoms with Crippen LogP contribution in [0.3, 0.4) is 0 Å². The highest BCUT2D eigenvalue weighted by atomic mass is 31.2. The molecule has 0 aliphatic heterocycles. The average molecular weight is 1050 g/mol. The lowest BCUT2D eigenvalue weighted by Gasteiger charge is -2.24. The number of esters is 4. The molecule has 0 fully saturated rings. The van der Waals surface area contributed by atoms with Crippen LogP contribution in [0, 0.1) is 0 Å². The lowest BCUT2D eigenvalue weighted by Crippen LogP contribution is -2.37. The molecule has 0 aromatic rings. The Morgan fingerprint density at radius 1 is 0.389 bits per heavy atom. The number of carbonyl (C=O) groups is 4. The smallest absolute Gasteiger partial charge is 0.462 e. The maximum Gasteiger partial charge on any atom is 0.472 e. The van der Waals surface area contributed by atoms with Gasteiger partial charge in [0.1, 0.15) is 32.0 Å². The van der Waals surface area contributed by atoms with Gasteiger partial charge in [-0.15, -0.1) is 0 Å². The first kappa shape index (κ1) is 70.0. The van der Waals surface area contributed by atoms with E-state index in [0.717, 1.165) is 70.6 Å². The molecule has 0 bridgehead atoms. The summed E-state index contributed by atoms with van der Waals surface area (Å²) >= 11 is 0. The van der Waals surface area contributed by atoms with E-state index >= 15 is 0 Å². The largest absolute Gasteiger partial charge is 0.472 e. The molecule has 0 aromatic carbocycles. The average Bonchev–Trinajstić information content (AvgIpc) is 3.33. The number of quaternary nitrogens is 1. The molecule has 0 rings (SSSR count). The van der Waals surface area contributed by atoms with Gasteiger partial charge >= 0.3 is 31.7 Å². The zero-order chi connectivity index (χ0) is 53.4. The third-order valence-corrected chi connectivity index (χ3v) is 14.3. The third-order valence-electron chi connectivity index (χ3n) is 13.3. The molecule has 0 aliphatic carbocycles. The van der Waals surface area contributed by atoms with E-state index in [0.29, 0.717) is 56.0 Å². The van der Waals surface area contributed by atoms with Crippen LogP contribution in [0.25, 0.3) is 0 Å². The van der Waals surface area contributed by atoms with Gasteiger partial charge in [0.2, 0.25) is 0 Å². The molecule has 0 heterocycles. The van der Waals surface area contributed by atoms with E-state index in [2.05, 4.69) is 27.7 Å². The first-order valence-electron chi connectivity index (χ1n) is 29.8. The quantitative estimate of drug-likeness (QED) is 0.0202. The van der Waals surface area contributed by atoms with Crippen LogP contribution in [0.5, 0.6) is 0 Å². The maximum atomic E-state index is 13.0. The Balaban J connectivity index is 4.92. The molecule has 0 saturated carbocycles. The predicted molar refractivity (Wildman–Crippen MR) is 293 cm³/mol. The van der Waals surface area contributed by atoms with E-state index in [4.69, 9.17) is 28.0 Å². The second-order valence-electron chi connectivity index (χ2n) is 21.7. The molecule has 0 radical (unpaired) electrons. The Hall–Kier alpha value is -2.05. The van der Waals surface area contributed by atoms with Crippen molar-refractivity contribution in [2.75, 3.05) is 47.5 Å². The summed E-state index contributed by atoms with van der Waals surface area (Å²) in [6.07, 6.45) is 38.2.